The molecule has 0 spiro atoms. The number of amides is 1. The molecule has 0 radical (unpaired) electrons. The molecule has 0 unspecified atom stereocenters. The second kappa shape index (κ2) is 8.09. The predicted octanol–water partition coefficient (Wildman–Crippen LogP) is 3.67. The molecule has 1 amide bonds. The zero-order valence-electron chi connectivity index (χ0n) is 16.7. The van der Waals surface area contributed by atoms with E-state index in [4.69, 9.17) is 10.1 Å². The number of carbonyl (C=O) groups excluding carboxylic acids is 1. The molecule has 1 N–H and O–H groups in total. The van der Waals surface area contributed by atoms with E-state index in [2.05, 4.69) is 4.98 Å². The van der Waals surface area contributed by atoms with Crippen molar-refractivity contribution >= 4 is 11.9 Å². The van der Waals surface area contributed by atoms with Crippen LogP contribution in [0.3, 0.4) is 0 Å². The maximum absolute atomic E-state index is 12.4. The smallest absolute Gasteiger partial charge is 0.335 e. The van der Waals surface area contributed by atoms with Crippen LogP contribution >= 0.6 is 0 Å². The molecule has 0 bridgehead atoms. The third-order valence-corrected chi connectivity index (χ3v) is 5.15. The van der Waals surface area contributed by atoms with Crippen LogP contribution in [0, 0.1) is 11.3 Å². The highest BCUT2D eigenvalue weighted by atomic mass is 16.4. The van der Waals surface area contributed by atoms with Crippen molar-refractivity contribution in [1.82, 2.24) is 14.9 Å². The van der Waals surface area contributed by atoms with Crippen molar-refractivity contribution in [1.29, 1.82) is 0 Å². The molecule has 6 nitrogen and oxygen atoms in total. The summed E-state index contributed by atoms with van der Waals surface area (Å²) >= 11 is 0. The minimum absolute atomic E-state index is 0.220. The number of benzene rings is 1. The summed E-state index contributed by atoms with van der Waals surface area (Å²) in [6.07, 6.45) is 6.28. The molecule has 2 aromatic rings. The highest BCUT2D eigenvalue weighted by Gasteiger charge is 2.30. The van der Waals surface area contributed by atoms with Gasteiger partial charge in [-0.1, -0.05) is 32.9 Å². The van der Waals surface area contributed by atoms with E-state index in [9.17, 15) is 9.59 Å². The summed E-state index contributed by atoms with van der Waals surface area (Å²) in [6, 6.07) is 6.67. The van der Waals surface area contributed by atoms with E-state index in [1.54, 1.807) is 36.7 Å². The van der Waals surface area contributed by atoms with Gasteiger partial charge in [0.2, 0.25) is 5.91 Å². The highest BCUT2D eigenvalue weighted by Crippen LogP contribution is 2.26. The monoisotopic (exact) mass is 381 g/mol. The molecule has 0 aliphatic carbocycles. The van der Waals surface area contributed by atoms with Gasteiger partial charge in [0.05, 0.1) is 23.1 Å². The Bertz CT molecular complexity index is 848. The molecular weight excluding hydrogens is 354 g/mol. The third-order valence-electron chi connectivity index (χ3n) is 5.15. The molecule has 1 aromatic carbocycles. The van der Waals surface area contributed by atoms with Crippen LogP contribution in [0.4, 0.5) is 0 Å². The van der Waals surface area contributed by atoms with Crippen LogP contribution < -0.4 is 0 Å². The first-order chi connectivity index (χ1) is 13.2. The second-order valence-corrected chi connectivity index (χ2v) is 8.47. The number of nitrogens with zero attached hydrogens (tertiary/aromatic N) is 3. The Balaban J connectivity index is 1.63. The number of carboxylic acid groups (broad SMARTS) is 1. The van der Waals surface area contributed by atoms with Crippen molar-refractivity contribution < 1.29 is 14.7 Å². The molecule has 148 valence electrons. The first-order valence-electron chi connectivity index (χ1n) is 9.68. The van der Waals surface area contributed by atoms with Crippen molar-refractivity contribution in [2.75, 3.05) is 13.1 Å². The fourth-order valence-electron chi connectivity index (χ4n) is 3.54. The summed E-state index contributed by atoms with van der Waals surface area (Å²) in [4.78, 5) is 34.4. The van der Waals surface area contributed by atoms with E-state index < -0.39 is 5.97 Å². The first kappa shape index (κ1) is 20.0. The maximum atomic E-state index is 12.4. The summed E-state index contributed by atoms with van der Waals surface area (Å²) in [5, 5.41) is 9.02. The molecular formula is C22H27N3O3. The molecule has 0 atom stereocenters. The Hall–Kier alpha value is -2.76. The SMILES string of the molecule is CC(C)(C)C(=O)N1CCC(Cc2cncc(-c3ccc(C(=O)O)cc3)n2)CC1. The van der Waals surface area contributed by atoms with Crippen LogP contribution in [0.25, 0.3) is 11.3 Å². The average Bonchev–Trinajstić information content (AvgIpc) is 2.67. The van der Waals surface area contributed by atoms with E-state index in [-0.39, 0.29) is 16.9 Å². The van der Waals surface area contributed by atoms with Gasteiger partial charge in [0.1, 0.15) is 0 Å². The normalized spacial score (nSPS) is 15.5. The minimum Gasteiger partial charge on any atom is -0.478 e. The van der Waals surface area contributed by atoms with Gasteiger partial charge in [-0.15, -0.1) is 0 Å². The summed E-state index contributed by atoms with van der Waals surface area (Å²) in [5.41, 5.74) is 2.45. The molecule has 1 aliphatic heterocycles. The van der Waals surface area contributed by atoms with Crippen LogP contribution in [-0.4, -0.2) is 44.9 Å². The lowest BCUT2D eigenvalue weighted by molar-refractivity contribution is -0.140. The lowest BCUT2D eigenvalue weighted by Gasteiger charge is -2.35. The lowest BCUT2D eigenvalue weighted by atomic mass is 9.89. The Morgan fingerprint density at radius 3 is 2.32 bits per heavy atom. The van der Waals surface area contributed by atoms with Crippen LogP contribution in [0.1, 0.15) is 49.7 Å². The van der Waals surface area contributed by atoms with E-state index in [0.717, 1.165) is 49.3 Å². The Morgan fingerprint density at radius 1 is 1.11 bits per heavy atom. The Morgan fingerprint density at radius 2 is 1.75 bits per heavy atom. The van der Waals surface area contributed by atoms with Crippen LogP contribution in [0.5, 0.6) is 0 Å². The zero-order chi connectivity index (χ0) is 20.3. The maximum Gasteiger partial charge on any atom is 0.335 e. The third kappa shape index (κ3) is 4.74. The fourth-order valence-corrected chi connectivity index (χ4v) is 3.54. The van der Waals surface area contributed by atoms with E-state index in [1.807, 2.05) is 25.7 Å². The van der Waals surface area contributed by atoms with Gasteiger partial charge in [0, 0.05) is 30.3 Å². The van der Waals surface area contributed by atoms with Gasteiger partial charge in [-0.3, -0.25) is 9.78 Å². The van der Waals surface area contributed by atoms with Crippen molar-refractivity contribution in [2.45, 2.75) is 40.0 Å². The first-order valence-corrected chi connectivity index (χ1v) is 9.68. The summed E-state index contributed by atoms with van der Waals surface area (Å²) < 4.78 is 0. The number of piperidine rings is 1. The summed E-state index contributed by atoms with van der Waals surface area (Å²) in [5.74, 6) is -0.233. The van der Waals surface area contributed by atoms with Gasteiger partial charge >= 0.3 is 5.97 Å². The molecule has 3 rings (SSSR count). The van der Waals surface area contributed by atoms with Gasteiger partial charge in [-0.25, -0.2) is 9.78 Å². The molecule has 2 heterocycles. The van der Waals surface area contributed by atoms with Crippen molar-refractivity contribution in [3.05, 3.63) is 47.9 Å². The Kier molecular flexibility index (Phi) is 5.77. The lowest BCUT2D eigenvalue weighted by Crippen LogP contribution is -2.44. The van der Waals surface area contributed by atoms with Crippen molar-refractivity contribution in [3.8, 4) is 11.3 Å². The van der Waals surface area contributed by atoms with Gasteiger partial charge < -0.3 is 10.0 Å². The van der Waals surface area contributed by atoms with Crippen LogP contribution in [-0.2, 0) is 11.2 Å². The molecule has 1 fully saturated rings. The molecule has 1 aliphatic rings. The number of hydrogen-bond donors (Lipinski definition) is 1. The standard InChI is InChI=1S/C22H27N3O3/c1-22(2,3)21(28)25-10-8-15(9-11-25)12-18-13-23-14-19(24-18)16-4-6-17(7-5-16)20(26)27/h4-7,13-15H,8-12H2,1-3H3,(H,26,27). The molecule has 28 heavy (non-hydrogen) atoms. The van der Waals surface area contributed by atoms with Gasteiger partial charge in [0.25, 0.3) is 0 Å². The average molecular weight is 381 g/mol. The fraction of sp³-hybridized carbons (Fsp3) is 0.455. The molecule has 1 saturated heterocycles. The highest BCUT2D eigenvalue weighted by molar-refractivity contribution is 5.88. The largest absolute Gasteiger partial charge is 0.478 e. The molecule has 0 saturated carbocycles. The molecule has 6 heteroatoms. The summed E-state index contributed by atoms with van der Waals surface area (Å²) in [7, 11) is 0. The topological polar surface area (TPSA) is 83.4 Å². The molecule has 1 aromatic heterocycles. The number of aromatic carboxylic acids is 1. The summed E-state index contributed by atoms with van der Waals surface area (Å²) in [6.45, 7) is 7.48. The number of hydrogen-bond acceptors (Lipinski definition) is 4. The number of carboxylic acids is 1. The second-order valence-electron chi connectivity index (χ2n) is 8.47. The number of aromatic nitrogens is 2. The van der Waals surface area contributed by atoms with Gasteiger partial charge in [-0.2, -0.15) is 0 Å². The number of likely N-dealkylation sites (tertiary alicyclic amines) is 1. The number of rotatable bonds is 4. The predicted molar refractivity (Wildman–Crippen MR) is 107 cm³/mol. The van der Waals surface area contributed by atoms with E-state index in [0.29, 0.717) is 5.92 Å². The van der Waals surface area contributed by atoms with E-state index in [1.165, 1.54) is 0 Å². The van der Waals surface area contributed by atoms with E-state index >= 15 is 0 Å². The van der Waals surface area contributed by atoms with Gasteiger partial charge in [0.15, 0.2) is 0 Å². The quantitative estimate of drug-likeness (QED) is 0.874. The van der Waals surface area contributed by atoms with Crippen molar-refractivity contribution in [2.24, 2.45) is 11.3 Å². The van der Waals surface area contributed by atoms with Crippen LogP contribution in [0.15, 0.2) is 36.7 Å². The van der Waals surface area contributed by atoms with Crippen molar-refractivity contribution in [3.63, 3.8) is 0 Å². The zero-order valence-corrected chi connectivity index (χ0v) is 16.7. The minimum atomic E-state index is -0.942. The Labute approximate surface area is 165 Å². The number of carbonyl (C=O) groups is 2. The van der Waals surface area contributed by atoms with Gasteiger partial charge in [-0.05, 0) is 37.3 Å². The van der Waals surface area contributed by atoms with Crippen LogP contribution in [0.2, 0.25) is 0 Å².